The first-order chi connectivity index (χ1) is 14.4. The van der Waals surface area contributed by atoms with Crippen molar-refractivity contribution in [2.45, 2.75) is 25.8 Å². The molecular formula is C23H28ClN3O4. The highest BCUT2D eigenvalue weighted by Crippen LogP contribution is 2.28. The van der Waals surface area contributed by atoms with Crippen molar-refractivity contribution in [3.8, 4) is 16.9 Å². The van der Waals surface area contributed by atoms with Crippen LogP contribution in [0, 0.1) is 11.3 Å². The number of carbonyl (C=O) groups excluding carboxylic acids is 2. The van der Waals surface area contributed by atoms with E-state index in [1.807, 2.05) is 48.5 Å². The third kappa shape index (κ3) is 6.21. The number of ether oxygens (including phenoxy) is 2. The molecule has 1 aliphatic heterocycles. The Labute approximate surface area is 188 Å². The summed E-state index contributed by atoms with van der Waals surface area (Å²) in [5.74, 6) is 0.595. The third-order valence-electron chi connectivity index (χ3n) is 5.41. The van der Waals surface area contributed by atoms with Crippen LogP contribution in [-0.2, 0) is 14.3 Å². The Morgan fingerprint density at radius 3 is 2.19 bits per heavy atom. The number of likely N-dealkylation sites (tertiary alicyclic amines) is 1. The predicted octanol–water partition coefficient (Wildman–Crippen LogP) is 3.24. The minimum atomic E-state index is -0.253. The van der Waals surface area contributed by atoms with Crippen molar-refractivity contribution in [1.82, 2.24) is 4.90 Å². The molecule has 0 spiro atoms. The second-order valence-electron chi connectivity index (χ2n) is 7.53. The number of nitrogen functional groups attached to an aromatic ring is 1. The van der Waals surface area contributed by atoms with Crippen LogP contribution in [0.3, 0.4) is 0 Å². The average molecular weight is 446 g/mol. The second kappa shape index (κ2) is 10.8. The Morgan fingerprint density at radius 2 is 1.68 bits per heavy atom. The lowest BCUT2D eigenvalue weighted by molar-refractivity contribution is -0.142. The lowest BCUT2D eigenvalue weighted by atomic mass is 10.0. The van der Waals surface area contributed by atoms with Crippen LogP contribution in [-0.4, -0.2) is 48.9 Å². The Morgan fingerprint density at radius 1 is 1.10 bits per heavy atom. The van der Waals surface area contributed by atoms with Gasteiger partial charge >= 0.3 is 5.97 Å². The smallest absolute Gasteiger partial charge is 0.305 e. The fourth-order valence-corrected chi connectivity index (χ4v) is 3.80. The number of carbonyl (C=O) groups is 2. The summed E-state index contributed by atoms with van der Waals surface area (Å²) < 4.78 is 10.7. The molecule has 7 nitrogen and oxygen atoms in total. The molecule has 1 saturated heterocycles. The second-order valence-corrected chi connectivity index (χ2v) is 7.53. The van der Waals surface area contributed by atoms with Crippen LogP contribution >= 0.6 is 12.4 Å². The van der Waals surface area contributed by atoms with Crippen LogP contribution in [0.4, 0.5) is 0 Å². The highest BCUT2D eigenvalue weighted by atomic mass is 35.5. The molecule has 0 saturated carbocycles. The van der Waals surface area contributed by atoms with Crippen LogP contribution in [0.25, 0.3) is 11.1 Å². The van der Waals surface area contributed by atoms with E-state index in [-0.39, 0.29) is 42.1 Å². The van der Waals surface area contributed by atoms with Crippen LogP contribution < -0.4 is 10.5 Å². The van der Waals surface area contributed by atoms with Crippen LogP contribution in [0.15, 0.2) is 48.5 Å². The number of amides is 1. The summed E-state index contributed by atoms with van der Waals surface area (Å²) in [6, 6.07) is 15.2. The fourth-order valence-electron chi connectivity index (χ4n) is 3.80. The van der Waals surface area contributed by atoms with Crippen molar-refractivity contribution in [1.29, 1.82) is 5.41 Å². The van der Waals surface area contributed by atoms with Gasteiger partial charge < -0.3 is 20.1 Å². The molecule has 31 heavy (non-hydrogen) atoms. The maximum Gasteiger partial charge on any atom is 0.305 e. The molecule has 0 aromatic heterocycles. The summed E-state index contributed by atoms with van der Waals surface area (Å²) in [7, 11) is 1.38. The molecule has 1 heterocycles. The number of nitrogens with zero attached hydrogens (tertiary/aromatic N) is 1. The van der Waals surface area contributed by atoms with Gasteiger partial charge in [0.05, 0.1) is 19.6 Å². The first-order valence-electron chi connectivity index (χ1n) is 9.89. The third-order valence-corrected chi connectivity index (χ3v) is 5.41. The monoisotopic (exact) mass is 445 g/mol. The summed E-state index contributed by atoms with van der Waals surface area (Å²) in [5.41, 5.74) is 8.24. The summed E-state index contributed by atoms with van der Waals surface area (Å²) >= 11 is 0. The van der Waals surface area contributed by atoms with Gasteiger partial charge in [0, 0.05) is 19.0 Å². The number of esters is 1. The van der Waals surface area contributed by atoms with E-state index in [9.17, 15) is 9.59 Å². The first-order valence-corrected chi connectivity index (χ1v) is 9.89. The number of hydrogen-bond acceptors (Lipinski definition) is 5. The SMILES string of the molecule is COC(=O)C[C@@H]1C[C@@H](COc2ccc(-c3ccc(C(=N)N)cc3)cc2)N(C(C)=O)C1.Cl. The number of nitrogens with one attached hydrogen (secondary N) is 1. The first kappa shape index (κ1) is 24.2. The lowest BCUT2D eigenvalue weighted by Crippen LogP contribution is -2.37. The van der Waals surface area contributed by atoms with E-state index in [1.165, 1.54) is 7.11 Å². The maximum atomic E-state index is 12.0. The minimum Gasteiger partial charge on any atom is -0.491 e. The van der Waals surface area contributed by atoms with Gasteiger partial charge in [0.2, 0.25) is 5.91 Å². The van der Waals surface area contributed by atoms with Gasteiger partial charge in [-0.1, -0.05) is 36.4 Å². The quantitative estimate of drug-likeness (QED) is 0.386. The molecular weight excluding hydrogens is 418 g/mol. The standard InChI is InChI=1S/C23H27N3O4.ClH/c1-15(27)26-13-16(12-22(28)29-2)11-20(26)14-30-21-9-7-18(8-10-21)17-3-5-19(6-4-17)23(24)25;/h3-10,16,20H,11-14H2,1-2H3,(H3,24,25);1H/t16-,20-;/m0./s1. The number of methoxy groups -OCH3 is 1. The van der Waals surface area contributed by atoms with Crippen molar-refractivity contribution in [3.05, 3.63) is 54.1 Å². The van der Waals surface area contributed by atoms with Gasteiger partial charge in [-0.3, -0.25) is 15.0 Å². The summed E-state index contributed by atoms with van der Waals surface area (Å²) in [4.78, 5) is 25.3. The van der Waals surface area contributed by atoms with Gasteiger partial charge in [-0.2, -0.15) is 0 Å². The van der Waals surface area contributed by atoms with E-state index in [0.717, 1.165) is 23.3 Å². The zero-order valence-electron chi connectivity index (χ0n) is 17.7. The molecule has 166 valence electrons. The Bertz CT molecular complexity index is 915. The zero-order chi connectivity index (χ0) is 21.7. The molecule has 2 aromatic carbocycles. The number of amidine groups is 1. The molecule has 0 radical (unpaired) electrons. The molecule has 1 fully saturated rings. The molecule has 0 bridgehead atoms. The summed E-state index contributed by atoms with van der Waals surface area (Å²) in [6.45, 7) is 2.47. The number of halogens is 1. The molecule has 1 amide bonds. The minimum absolute atomic E-state index is 0. The average Bonchev–Trinajstić information content (AvgIpc) is 3.15. The van der Waals surface area contributed by atoms with Gasteiger partial charge in [-0.25, -0.2) is 0 Å². The molecule has 2 aromatic rings. The van der Waals surface area contributed by atoms with Gasteiger partial charge in [0.1, 0.15) is 18.2 Å². The number of rotatable bonds is 7. The van der Waals surface area contributed by atoms with Crippen LogP contribution in [0.5, 0.6) is 5.75 Å². The van der Waals surface area contributed by atoms with Crippen molar-refractivity contribution in [3.63, 3.8) is 0 Å². The Balaban J connectivity index is 0.00000341. The highest BCUT2D eigenvalue weighted by molar-refractivity contribution is 5.95. The van der Waals surface area contributed by atoms with Crippen LogP contribution in [0.2, 0.25) is 0 Å². The lowest BCUT2D eigenvalue weighted by Gasteiger charge is -2.23. The van der Waals surface area contributed by atoms with Crippen molar-refractivity contribution >= 4 is 30.1 Å². The molecule has 8 heteroatoms. The highest BCUT2D eigenvalue weighted by Gasteiger charge is 2.35. The normalized spacial score (nSPS) is 17.5. The van der Waals surface area contributed by atoms with Crippen LogP contribution in [0.1, 0.15) is 25.3 Å². The van der Waals surface area contributed by atoms with E-state index >= 15 is 0 Å². The topological polar surface area (TPSA) is 106 Å². The number of hydrogen-bond donors (Lipinski definition) is 2. The molecule has 3 rings (SSSR count). The summed E-state index contributed by atoms with van der Waals surface area (Å²) in [5, 5.41) is 7.47. The van der Waals surface area contributed by atoms with Crippen molar-refractivity contribution in [2.24, 2.45) is 11.7 Å². The van der Waals surface area contributed by atoms with Crippen molar-refractivity contribution in [2.75, 3.05) is 20.3 Å². The van der Waals surface area contributed by atoms with E-state index in [0.29, 0.717) is 25.1 Å². The van der Waals surface area contributed by atoms with Gasteiger partial charge in [0.25, 0.3) is 0 Å². The largest absolute Gasteiger partial charge is 0.491 e. The van der Waals surface area contributed by atoms with Gasteiger partial charge in [-0.15, -0.1) is 12.4 Å². The molecule has 1 aliphatic rings. The molecule has 2 atom stereocenters. The van der Waals surface area contributed by atoms with E-state index in [2.05, 4.69) is 0 Å². The number of benzene rings is 2. The maximum absolute atomic E-state index is 12.0. The number of nitrogens with two attached hydrogens (primary N) is 1. The van der Waals surface area contributed by atoms with Gasteiger partial charge in [0.15, 0.2) is 0 Å². The molecule has 0 aliphatic carbocycles. The molecule has 0 unspecified atom stereocenters. The Hall–Kier alpha value is -3.06. The van der Waals surface area contributed by atoms with E-state index in [1.54, 1.807) is 11.8 Å². The van der Waals surface area contributed by atoms with Gasteiger partial charge in [-0.05, 0) is 35.6 Å². The van der Waals surface area contributed by atoms with E-state index < -0.39 is 0 Å². The molecule has 3 N–H and O–H groups in total. The van der Waals surface area contributed by atoms with Crippen molar-refractivity contribution < 1.29 is 19.1 Å². The van der Waals surface area contributed by atoms with E-state index in [4.69, 9.17) is 20.6 Å². The fraction of sp³-hybridized carbons (Fsp3) is 0.348. The Kier molecular flexibility index (Phi) is 8.45. The predicted molar refractivity (Wildman–Crippen MR) is 122 cm³/mol. The zero-order valence-corrected chi connectivity index (χ0v) is 18.5. The summed E-state index contributed by atoms with van der Waals surface area (Å²) in [6.07, 6.45) is 1.03.